The van der Waals surface area contributed by atoms with Gasteiger partial charge in [-0.15, -0.1) is 0 Å². The van der Waals surface area contributed by atoms with Crippen LogP contribution in [0.5, 0.6) is 0 Å². The fourth-order valence-electron chi connectivity index (χ4n) is 5.30. The molecule has 0 bridgehead atoms. The highest BCUT2D eigenvalue weighted by molar-refractivity contribution is 5.88. The van der Waals surface area contributed by atoms with Crippen LogP contribution in [0, 0.1) is 0 Å². The van der Waals surface area contributed by atoms with Crippen LogP contribution in [0.25, 0.3) is 11.0 Å². The van der Waals surface area contributed by atoms with Crippen molar-refractivity contribution in [1.29, 1.82) is 0 Å². The van der Waals surface area contributed by atoms with E-state index in [0.29, 0.717) is 18.0 Å². The van der Waals surface area contributed by atoms with Crippen LogP contribution in [0.4, 0.5) is 17.5 Å². The third kappa shape index (κ3) is 5.03. The first-order valence-electron chi connectivity index (χ1n) is 12.9. The number of fused-ring (bicyclic) bond motifs is 1. The molecule has 1 aliphatic heterocycles. The maximum Gasteiger partial charge on any atom is 0.229 e. The van der Waals surface area contributed by atoms with E-state index in [-0.39, 0.29) is 0 Å². The van der Waals surface area contributed by atoms with Gasteiger partial charge in [0.05, 0.1) is 23.4 Å². The largest absolute Gasteiger partial charge is 0.381 e. The van der Waals surface area contributed by atoms with Crippen molar-refractivity contribution < 1.29 is 4.74 Å². The normalized spacial score (nSPS) is 17.6. The molecule has 0 spiro atoms. The molecule has 3 aromatic heterocycles. The smallest absolute Gasteiger partial charge is 0.229 e. The molecule has 2 N–H and O–H groups in total. The number of aromatic nitrogens is 5. The average Bonchev–Trinajstić information content (AvgIpc) is 3.53. The number of hydrogen-bond donors (Lipinski definition) is 2. The van der Waals surface area contributed by atoms with Crippen LogP contribution in [0.3, 0.4) is 0 Å². The Balaban J connectivity index is 1.30. The molecular formula is C27H33N7O. The van der Waals surface area contributed by atoms with E-state index in [0.717, 1.165) is 55.1 Å². The first-order valence-corrected chi connectivity index (χ1v) is 12.9. The van der Waals surface area contributed by atoms with Crippen molar-refractivity contribution in [1.82, 2.24) is 24.3 Å². The van der Waals surface area contributed by atoms with Gasteiger partial charge in [0.1, 0.15) is 5.52 Å². The third-order valence-corrected chi connectivity index (χ3v) is 7.17. The molecule has 2 aliphatic rings. The molecule has 0 unspecified atom stereocenters. The van der Waals surface area contributed by atoms with E-state index in [1.807, 2.05) is 10.9 Å². The van der Waals surface area contributed by atoms with E-state index in [1.165, 1.54) is 37.7 Å². The second-order valence-electron chi connectivity index (χ2n) is 9.72. The molecule has 1 saturated carbocycles. The van der Waals surface area contributed by atoms with Gasteiger partial charge in [-0.05, 0) is 37.3 Å². The molecular weight excluding hydrogens is 438 g/mol. The predicted octanol–water partition coefficient (Wildman–Crippen LogP) is 5.52. The summed E-state index contributed by atoms with van der Waals surface area (Å²) in [6.07, 6.45) is 14.3. The summed E-state index contributed by atoms with van der Waals surface area (Å²) in [5.41, 5.74) is 4.16. The Kier molecular flexibility index (Phi) is 6.36. The van der Waals surface area contributed by atoms with Crippen molar-refractivity contribution >= 4 is 28.5 Å². The van der Waals surface area contributed by atoms with Crippen LogP contribution in [0.2, 0.25) is 0 Å². The van der Waals surface area contributed by atoms with E-state index >= 15 is 0 Å². The minimum atomic E-state index is 0.387. The zero-order chi connectivity index (χ0) is 23.5. The lowest BCUT2D eigenvalue weighted by atomic mass is 9.95. The molecule has 182 valence electrons. The summed E-state index contributed by atoms with van der Waals surface area (Å²) in [6, 6.07) is 13.5. The molecule has 0 radical (unpaired) electrons. The highest BCUT2D eigenvalue weighted by Gasteiger charge is 2.20. The first kappa shape index (κ1) is 22.1. The van der Waals surface area contributed by atoms with Crippen molar-refractivity contribution in [2.45, 2.75) is 63.6 Å². The Morgan fingerprint density at radius 1 is 0.943 bits per heavy atom. The Labute approximate surface area is 205 Å². The number of nitrogens with one attached hydrogen (secondary N) is 2. The Hall–Kier alpha value is -3.39. The summed E-state index contributed by atoms with van der Waals surface area (Å²) < 4.78 is 9.79. The summed E-state index contributed by atoms with van der Waals surface area (Å²) in [5.74, 6) is 1.50. The molecule has 6 rings (SSSR count). The fourth-order valence-corrected chi connectivity index (χ4v) is 5.30. The summed E-state index contributed by atoms with van der Waals surface area (Å²) in [4.78, 5) is 9.84. The molecule has 8 heteroatoms. The van der Waals surface area contributed by atoms with Crippen molar-refractivity contribution in [2.75, 3.05) is 23.8 Å². The van der Waals surface area contributed by atoms with Crippen LogP contribution in [-0.2, 0) is 11.3 Å². The Bertz CT molecular complexity index is 1250. The van der Waals surface area contributed by atoms with Crippen molar-refractivity contribution in [3.05, 3.63) is 60.6 Å². The number of benzene rings is 1. The molecule has 35 heavy (non-hydrogen) atoms. The molecule has 1 aliphatic carbocycles. The van der Waals surface area contributed by atoms with Crippen molar-refractivity contribution in [3.63, 3.8) is 0 Å². The van der Waals surface area contributed by atoms with Gasteiger partial charge in [-0.25, -0.2) is 4.98 Å². The first-order chi connectivity index (χ1) is 17.3. The van der Waals surface area contributed by atoms with Gasteiger partial charge in [-0.2, -0.15) is 10.1 Å². The summed E-state index contributed by atoms with van der Waals surface area (Å²) in [5, 5.41) is 11.8. The lowest BCUT2D eigenvalue weighted by molar-refractivity contribution is 0.0662. The van der Waals surface area contributed by atoms with Gasteiger partial charge < -0.3 is 19.9 Å². The summed E-state index contributed by atoms with van der Waals surface area (Å²) in [7, 11) is 0. The zero-order valence-electron chi connectivity index (χ0n) is 20.1. The quantitative estimate of drug-likeness (QED) is 0.370. The van der Waals surface area contributed by atoms with Crippen LogP contribution in [-0.4, -0.2) is 43.6 Å². The monoisotopic (exact) mass is 471 g/mol. The van der Waals surface area contributed by atoms with Crippen molar-refractivity contribution in [2.24, 2.45) is 0 Å². The predicted molar refractivity (Wildman–Crippen MR) is 138 cm³/mol. The van der Waals surface area contributed by atoms with Gasteiger partial charge in [-0.3, -0.25) is 4.68 Å². The molecule has 1 saturated heterocycles. The van der Waals surface area contributed by atoms with Gasteiger partial charge in [0.15, 0.2) is 5.82 Å². The van der Waals surface area contributed by atoms with Gasteiger partial charge >= 0.3 is 0 Å². The molecule has 4 heterocycles. The fraction of sp³-hybridized carbons (Fsp3) is 0.444. The number of rotatable bonds is 7. The van der Waals surface area contributed by atoms with E-state index < -0.39 is 0 Å². The van der Waals surface area contributed by atoms with E-state index in [1.54, 1.807) is 0 Å². The molecule has 1 aromatic carbocycles. The SMILES string of the molecule is c1ccc(Cn2ccc3nc(Nc4cnn(C5CCOCC5)c4)nc(NC4CCCCC4)c32)cc1. The highest BCUT2D eigenvalue weighted by atomic mass is 16.5. The van der Waals surface area contributed by atoms with Gasteiger partial charge in [0.25, 0.3) is 0 Å². The second kappa shape index (κ2) is 10.1. The Morgan fingerprint density at radius 2 is 1.77 bits per heavy atom. The van der Waals surface area contributed by atoms with Crippen LogP contribution >= 0.6 is 0 Å². The lowest BCUT2D eigenvalue weighted by Gasteiger charge is -2.24. The maximum atomic E-state index is 5.49. The van der Waals surface area contributed by atoms with Gasteiger partial charge in [0.2, 0.25) is 5.95 Å². The van der Waals surface area contributed by atoms with Gasteiger partial charge in [0, 0.05) is 38.2 Å². The minimum absolute atomic E-state index is 0.387. The second-order valence-corrected chi connectivity index (χ2v) is 9.72. The molecule has 4 aromatic rings. The molecule has 0 atom stereocenters. The highest BCUT2D eigenvalue weighted by Crippen LogP contribution is 2.29. The molecule has 0 amide bonds. The number of anilines is 3. The standard InChI is InChI=1S/C27H33N7O/c1-3-7-20(8-4-1)18-33-14-11-24-25(33)26(29-21-9-5-2-6-10-21)32-27(31-24)30-22-17-28-34(19-22)23-12-15-35-16-13-23/h1,3-4,7-8,11,14,17,19,21,23H,2,5-6,9-10,12-13,15-16,18H2,(H2,29,30,31,32). The third-order valence-electron chi connectivity index (χ3n) is 7.17. The molecule has 8 nitrogen and oxygen atoms in total. The number of hydrogen-bond acceptors (Lipinski definition) is 6. The van der Waals surface area contributed by atoms with E-state index in [9.17, 15) is 0 Å². The Morgan fingerprint density at radius 3 is 2.60 bits per heavy atom. The minimum Gasteiger partial charge on any atom is -0.381 e. The van der Waals surface area contributed by atoms with Crippen molar-refractivity contribution in [3.8, 4) is 0 Å². The lowest BCUT2D eigenvalue weighted by Crippen LogP contribution is -2.23. The number of ether oxygens (including phenoxy) is 1. The van der Waals surface area contributed by atoms with Gasteiger partial charge in [-0.1, -0.05) is 49.6 Å². The maximum absolute atomic E-state index is 5.49. The topological polar surface area (TPSA) is 81.8 Å². The summed E-state index contributed by atoms with van der Waals surface area (Å²) in [6.45, 7) is 2.38. The van der Waals surface area contributed by atoms with Crippen LogP contribution in [0.15, 0.2) is 55.0 Å². The van der Waals surface area contributed by atoms with E-state index in [2.05, 4.69) is 69.1 Å². The molecule has 2 fully saturated rings. The summed E-state index contributed by atoms with van der Waals surface area (Å²) >= 11 is 0. The van der Waals surface area contributed by atoms with Crippen LogP contribution < -0.4 is 10.6 Å². The van der Waals surface area contributed by atoms with Crippen LogP contribution in [0.1, 0.15) is 56.6 Å². The zero-order valence-corrected chi connectivity index (χ0v) is 20.1. The number of nitrogens with zero attached hydrogens (tertiary/aromatic N) is 5. The average molecular weight is 472 g/mol. The van der Waals surface area contributed by atoms with E-state index in [4.69, 9.17) is 14.7 Å².